The van der Waals surface area contributed by atoms with E-state index in [0.717, 1.165) is 30.2 Å². The van der Waals surface area contributed by atoms with E-state index in [-0.39, 0.29) is 31.3 Å². The highest BCUT2D eigenvalue weighted by molar-refractivity contribution is 6.17. The second kappa shape index (κ2) is 15.0. The average molecular weight is 603 g/mol. The molecule has 2 saturated carbocycles. The van der Waals surface area contributed by atoms with Gasteiger partial charge in [-0.25, -0.2) is 4.79 Å². The molecule has 1 aromatic carbocycles. The first kappa shape index (κ1) is 33.6. The fourth-order valence-electron chi connectivity index (χ4n) is 6.29. The average Bonchev–Trinajstić information content (AvgIpc) is 2.93. The van der Waals surface area contributed by atoms with Crippen molar-refractivity contribution >= 4 is 35.4 Å². The molecule has 0 heterocycles. The standard InChI is InChI=1S/C33H47ClN2O6/c1-20(2)16-26(31(39)40)42-32(41)33(4,5)19-36-28(38)18-35-27(37)9-7-6-8-21(3)29-24-14-15-25(24)30(29)23-12-10-22(17-34)11-13-23/h7,9-13,20-21,24-26,29-30H,6,8,14-19H2,1-5H3,(H,35,37)(H,36,38)(H,39,40). The Balaban J connectivity index is 1.37. The molecule has 232 valence electrons. The Hall–Kier alpha value is -2.87. The highest BCUT2D eigenvalue weighted by Gasteiger charge is 2.56. The number of benzene rings is 1. The first-order valence-electron chi connectivity index (χ1n) is 15.1. The molecule has 0 spiro atoms. The minimum atomic E-state index is -1.24. The van der Waals surface area contributed by atoms with E-state index in [2.05, 4.69) is 41.8 Å². The summed E-state index contributed by atoms with van der Waals surface area (Å²) in [6.07, 6.45) is 6.71. The number of amides is 2. The maximum absolute atomic E-state index is 12.5. The number of allylic oxidation sites excluding steroid dienone is 1. The normalized spacial score (nSPS) is 22.8. The van der Waals surface area contributed by atoms with Crippen LogP contribution in [0.25, 0.3) is 0 Å². The van der Waals surface area contributed by atoms with Crippen LogP contribution in [0.1, 0.15) is 83.8 Å². The molecule has 0 saturated heterocycles. The summed E-state index contributed by atoms with van der Waals surface area (Å²) in [4.78, 5) is 48.5. The van der Waals surface area contributed by atoms with Gasteiger partial charge in [0.1, 0.15) is 0 Å². The molecule has 2 fully saturated rings. The molecule has 2 aliphatic carbocycles. The molecule has 8 nitrogen and oxygen atoms in total. The van der Waals surface area contributed by atoms with Crippen LogP contribution in [0.15, 0.2) is 36.4 Å². The maximum Gasteiger partial charge on any atom is 0.345 e. The van der Waals surface area contributed by atoms with Crippen LogP contribution >= 0.6 is 11.6 Å². The highest BCUT2D eigenvalue weighted by atomic mass is 35.5. The van der Waals surface area contributed by atoms with E-state index < -0.39 is 29.4 Å². The molecule has 0 radical (unpaired) electrons. The lowest BCUT2D eigenvalue weighted by Gasteiger charge is -2.62. The molecule has 42 heavy (non-hydrogen) atoms. The number of hydrogen-bond acceptors (Lipinski definition) is 5. The van der Waals surface area contributed by atoms with Gasteiger partial charge in [-0.1, -0.05) is 51.1 Å². The summed E-state index contributed by atoms with van der Waals surface area (Å²) in [7, 11) is 0. The number of nitrogens with one attached hydrogen (secondary N) is 2. The quantitative estimate of drug-likeness (QED) is 0.132. The van der Waals surface area contributed by atoms with Crippen molar-refractivity contribution in [2.24, 2.45) is 35.0 Å². The van der Waals surface area contributed by atoms with E-state index in [1.54, 1.807) is 13.8 Å². The first-order chi connectivity index (χ1) is 19.8. The van der Waals surface area contributed by atoms with Gasteiger partial charge in [0.2, 0.25) is 11.8 Å². The van der Waals surface area contributed by atoms with Gasteiger partial charge in [-0.05, 0) is 98.7 Å². The van der Waals surface area contributed by atoms with Crippen molar-refractivity contribution < 1.29 is 29.0 Å². The van der Waals surface area contributed by atoms with Gasteiger partial charge >= 0.3 is 11.9 Å². The Kier molecular flexibility index (Phi) is 12.0. The van der Waals surface area contributed by atoms with Gasteiger partial charge in [-0.15, -0.1) is 11.6 Å². The highest BCUT2D eigenvalue weighted by Crippen LogP contribution is 2.65. The Labute approximate surface area is 255 Å². The van der Waals surface area contributed by atoms with Gasteiger partial charge in [0.25, 0.3) is 0 Å². The number of carbonyl (C=O) groups excluding carboxylic acids is 3. The number of ether oxygens (including phenoxy) is 1. The lowest BCUT2D eigenvalue weighted by Crippen LogP contribution is -2.53. The largest absolute Gasteiger partial charge is 0.479 e. The Morgan fingerprint density at radius 3 is 2.31 bits per heavy atom. The predicted octanol–water partition coefficient (Wildman–Crippen LogP) is 5.44. The third kappa shape index (κ3) is 8.82. The molecule has 2 aliphatic rings. The van der Waals surface area contributed by atoms with E-state index in [0.29, 0.717) is 23.6 Å². The molecule has 6 atom stereocenters. The first-order valence-corrected chi connectivity index (χ1v) is 15.7. The maximum atomic E-state index is 12.5. The van der Waals surface area contributed by atoms with Crippen LogP contribution in [0, 0.1) is 35.0 Å². The number of aliphatic carboxylic acids is 1. The summed E-state index contributed by atoms with van der Waals surface area (Å²) in [5.41, 5.74) is 1.44. The Morgan fingerprint density at radius 2 is 1.74 bits per heavy atom. The minimum absolute atomic E-state index is 0.0400. The number of halogens is 1. The molecule has 9 heteroatoms. The molecular weight excluding hydrogens is 556 g/mol. The third-order valence-corrected chi connectivity index (χ3v) is 9.21. The molecule has 0 aliphatic heterocycles. The number of hydrogen-bond donors (Lipinski definition) is 3. The summed E-state index contributed by atoms with van der Waals surface area (Å²) >= 11 is 5.97. The molecule has 6 unspecified atom stereocenters. The zero-order chi connectivity index (χ0) is 31.0. The number of carboxylic acids is 1. The number of carbonyl (C=O) groups is 4. The van der Waals surface area contributed by atoms with Crippen molar-refractivity contribution in [2.45, 2.75) is 84.6 Å². The molecule has 3 N–H and O–H groups in total. The van der Waals surface area contributed by atoms with Gasteiger partial charge in [0.15, 0.2) is 6.10 Å². The van der Waals surface area contributed by atoms with Crippen molar-refractivity contribution in [1.29, 1.82) is 0 Å². The summed E-state index contributed by atoms with van der Waals surface area (Å²) in [5, 5.41) is 14.5. The second-order valence-corrected chi connectivity index (χ2v) is 13.3. The summed E-state index contributed by atoms with van der Waals surface area (Å²) in [6, 6.07) is 8.76. The molecule has 0 aromatic heterocycles. The van der Waals surface area contributed by atoms with Crippen molar-refractivity contribution in [3.63, 3.8) is 0 Å². The molecule has 0 bridgehead atoms. The van der Waals surface area contributed by atoms with Gasteiger partial charge in [0.05, 0.1) is 12.0 Å². The Morgan fingerprint density at radius 1 is 1.07 bits per heavy atom. The van der Waals surface area contributed by atoms with Crippen LogP contribution in [-0.4, -0.2) is 48.1 Å². The van der Waals surface area contributed by atoms with Crippen LogP contribution in [0.3, 0.4) is 0 Å². The third-order valence-electron chi connectivity index (χ3n) is 8.90. The van der Waals surface area contributed by atoms with Crippen LogP contribution < -0.4 is 10.6 Å². The minimum Gasteiger partial charge on any atom is -0.479 e. The van der Waals surface area contributed by atoms with E-state index in [4.69, 9.17) is 16.3 Å². The topological polar surface area (TPSA) is 122 Å². The number of carboxylic acid groups (broad SMARTS) is 1. The predicted molar refractivity (Wildman–Crippen MR) is 163 cm³/mol. The van der Waals surface area contributed by atoms with E-state index in [1.807, 2.05) is 19.9 Å². The summed E-state index contributed by atoms with van der Waals surface area (Å²) in [5.74, 6) is 1.31. The van der Waals surface area contributed by atoms with Crippen LogP contribution in [-0.2, 0) is 29.8 Å². The van der Waals surface area contributed by atoms with Gasteiger partial charge < -0.3 is 20.5 Å². The summed E-state index contributed by atoms with van der Waals surface area (Å²) < 4.78 is 5.19. The lowest BCUT2D eigenvalue weighted by molar-refractivity contribution is -0.171. The fraction of sp³-hybridized carbons (Fsp3) is 0.636. The molecule has 3 rings (SSSR count). The zero-order valence-corrected chi connectivity index (χ0v) is 26.3. The lowest BCUT2D eigenvalue weighted by atomic mass is 9.43. The van der Waals surface area contributed by atoms with E-state index >= 15 is 0 Å². The summed E-state index contributed by atoms with van der Waals surface area (Å²) in [6.45, 7) is 8.86. The number of fused-ring (bicyclic) bond motifs is 1. The smallest absolute Gasteiger partial charge is 0.345 e. The van der Waals surface area contributed by atoms with Crippen molar-refractivity contribution in [3.05, 3.63) is 47.5 Å². The van der Waals surface area contributed by atoms with E-state index in [1.165, 1.54) is 24.5 Å². The number of rotatable bonds is 16. The number of alkyl halides is 1. The van der Waals surface area contributed by atoms with Gasteiger partial charge in [-0.3, -0.25) is 14.4 Å². The van der Waals surface area contributed by atoms with E-state index in [9.17, 15) is 24.3 Å². The number of esters is 1. The van der Waals surface area contributed by atoms with Gasteiger partial charge in [-0.2, -0.15) is 0 Å². The monoisotopic (exact) mass is 602 g/mol. The molecule has 2 amide bonds. The Bertz CT molecular complexity index is 1130. The van der Waals surface area contributed by atoms with Crippen LogP contribution in [0.2, 0.25) is 0 Å². The van der Waals surface area contributed by atoms with Crippen LogP contribution in [0.4, 0.5) is 0 Å². The van der Waals surface area contributed by atoms with Crippen molar-refractivity contribution in [2.75, 3.05) is 13.1 Å². The van der Waals surface area contributed by atoms with Gasteiger partial charge in [0, 0.05) is 12.4 Å². The van der Waals surface area contributed by atoms with Crippen LogP contribution in [0.5, 0.6) is 0 Å². The molecular formula is C33H47ClN2O6. The van der Waals surface area contributed by atoms with Crippen molar-refractivity contribution in [3.8, 4) is 0 Å². The van der Waals surface area contributed by atoms with Crippen molar-refractivity contribution in [1.82, 2.24) is 10.6 Å². The second-order valence-electron chi connectivity index (χ2n) is 13.1. The molecule has 1 aromatic rings. The zero-order valence-electron chi connectivity index (χ0n) is 25.5. The SMILES string of the molecule is CC(C)CC(OC(=O)C(C)(C)CNC(=O)CNC(=O)C=CCCC(C)C1C2CCC2C1c1ccc(CCl)cc1)C(=O)O. The fourth-order valence-corrected chi connectivity index (χ4v) is 6.47.